The van der Waals surface area contributed by atoms with E-state index < -0.39 is 6.03 Å². The van der Waals surface area contributed by atoms with Crippen LogP contribution >= 0.6 is 0 Å². The lowest BCUT2D eigenvalue weighted by Gasteiger charge is -2.21. The Morgan fingerprint density at radius 3 is 2.70 bits per heavy atom. The van der Waals surface area contributed by atoms with Crippen molar-refractivity contribution in [2.45, 2.75) is 57.5 Å². The van der Waals surface area contributed by atoms with Gasteiger partial charge in [0.2, 0.25) is 5.91 Å². The number of amides is 3. The van der Waals surface area contributed by atoms with Crippen LogP contribution in [0.25, 0.3) is 0 Å². The SMILES string of the molecule is O=C(CN(Cc1ccccc1F)C1CC1)NC(=O)NCCC1=CCCCC1. The Labute approximate surface area is 160 Å². The van der Waals surface area contributed by atoms with E-state index in [4.69, 9.17) is 0 Å². The average molecular weight is 373 g/mol. The number of benzene rings is 1. The highest BCUT2D eigenvalue weighted by molar-refractivity contribution is 5.95. The fourth-order valence-corrected chi connectivity index (χ4v) is 3.46. The molecule has 0 unspecified atom stereocenters. The molecular weight excluding hydrogens is 345 g/mol. The molecule has 0 bridgehead atoms. The third-order valence-electron chi connectivity index (χ3n) is 5.11. The molecule has 0 aliphatic heterocycles. The second-order valence-corrected chi connectivity index (χ2v) is 7.39. The Balaban J connectivity index is 1.41. The van der Waals surface area contributed by atoms with Gasteiger partial charge in [0, 0.05) is 24.7 Å². The molecule has 0 heterocycles. The molecule has 0 atom stereocenters. The van der Waals surface area contributed by atoms with Gasteiger partial charge >= 0.3 is 6.03 Å². The molecule has 2 aliphatic rings. The lowest BCUT2D eigenvalue weighted by atomic mass is 9.97. The van der Waals surface area contributed by atoms with Crippen molar-refractivity contribution >= 4 is 11.9 Å². The average Bonchev–Trinajstić information content (AvgIpc) is 3.49. The number of carbonyl (C=O) groups excluding carboxylic acids is 2. The Morgan fingerprint density at radius 2 is 2.00 bits per heavy atom. The highest BCUT2D eigenvalue weighted by Crippen LogP contribution is 2.28. The first-order chi connectivity index (χ1) is 13.1. The van der Waals surface area contributed by atoms with Gasteiger partial charge in [0.25, 0.3) is 0 Å². The van der Waals surface area contributed by atoms with Gasteiger partial charge in [0.05, 0.1) is 6.54 Å². The minimum absolute atomic E-state index is 0.0948. The third kappa shape index (κ3) is 6.47. The van der Waals surface area contributed by atoms with Gasteiger partial charge in [-0.05, 0) is 51.0 Å². The molecule has 0 spiro atoms. The van der Waals surface area contributed by atoms with Crippen molar-refractivity contribution < 1.29 is 14.0 Å². The number of imide groups is 1. The molecule has 2 N–H and O–H groups in total. The number of halogens is 1. The van der Waals surface area contributed by atoms with Crippen LogP contribution in [-0.4, -0.2) is 36.0 Å². The minimum Gasteiger partial charge on any atom is -0.337 e. The van der Waals surface area contributed by atoms with Crippen LogP contribution in [-0.2, 0) is 11.3 Å². The van der Waals surface area contributed by atoms with Crippen molar-refractivity contribution in [2.24, 2.45) is 0 Å². The van der Waals surface area contributed by atoms with Crippen LogP contribution in [0, 0.1) is 5.82 Å². The molecule has 1 aromatic rings. The van der Waals surface area contributed by atoms with Crippen LogP contribution in [0.4, 0.5) is 9.18 Å². The molecule has 1 saturated carbocycles. The standard InChI is InChI=1S/C21H28FN3O2/c22-19-9-5-4-8-17(19)14-25(18-10-11-18)15-20(26)24-21(27)23-13-12-16-6-2-1-3-7-16/h4-6,8-9,18H,1-3,7,10-15H2,(H2,23,24,26,27). The predicted octanol–water partition coefficient (Wildman–Crippen LogP) is 3.51. The first-order valence-corrected chi connectivity index (χ1v) is 9.85. The molecule has 5 nitrogen and oxygen atoms in total. The lowest BCUT2D eigenvalue weighted by molar-refractivity contribution is -0.121. The van der Waals surface area contributed by atoms with Crippen LogP contribution in [0.15, 0.2) is 35.9 Å². The fraction of sp³-hybridized carbons (Fsp3) is 0.524. The van der Waals surface area contributed by atoms with E-state index in [2.05, 4.69) is 16.7 Å². The van der Waals surface area contributed by atoms with E-state index in [0.29, 0.717) is 18.7 Å². The summed E-state index contributed by atoms with van der Waals surface area (Å²) in [5.74, 6) is -0.620. The number of carbonyl (C=O) groups is 2. The van der Waals surface area contributed by atoms with Gasteiger partial charge in [-0.1, -0.05) is 29.8 Å². The van der Waals surface area contributed by atoms with E-state index in [9.17, 15) is 14.0 Å². The molecule has 3 amide bonds. The highest BCUT2D eigenvalue weighted by Gasteiger charge is 2.31. The largest absolute Gasteiger partial charge is 0.337 e. The monoisotopic (exact) mass is 373 g/mol. The first-order valence-electron chi connectivity index (χ1n) is 9.85. The number of allylic oxidation sites excluding steroid dienone is 1. The molecule has 0 saturated heterocycles. The van der Waals surface area contributed by atoms with Gasteiger partial charge < -0.3 is 5.32 Å². The molecule has 6 heteroatoms. The van der Waals surface area contributed by atoms with Crippen LogP contribution in [0.1, 0.15) is 50.5 Å². The number of nitrogens with zero attached hydrogens (tertiary/aromatic N) is 1. The predicted molar refractivity (Wildman–Crippen MR) is 103 cm³/mol. The number of rotatable bonds is 8. The first kappa shape index (κ1) is 19.5. The molecule has 146 valence electrons. The summed E-state index contributed by atoms with van der Waals surface area (Å²) in [7, 11) is 0. The van der Waals surface area contributed by atoms with E-state index in [0.717, 1.165) is 32.1 Å². The number of hydrogen-bond acceptors (Lipinski definition) is 3. The lowest BCUT2D eigenvalue weighted by Crippen LogP contribution is -2.45. The molecule has 0 radical (unpaired) electrons. The topological polar surface area (TPSA) is 61.4 Å². The zero-order chi connectivity index (χ0) is 19.1. The molecule has 2 aliphatic carbocycles. The van der Waals surface area contributed by atoms with Gasteiger partial charge in [-0.2, -0.15) is 0 Å². The van der Waals surface area contributed by atoms with Gasteiger partial charge in [0.1, 0.15) is 5.82 Å². The van der Waals surface area contributed by atoms with E-state index in [1.54, 1.807) is 18.2 Å². The van der Waals surface area contributed by atoms with E-state index in [1.165, 1.54) is 24.5 Å². The van der Waals surface area contributed by atoms with E-state index >= 15 is 0 Å². The Kier molecular flexibility index (Phi) is 6.98. The number of nitrogens with one attached hydrogen (secondary N) is 2. The summed E-state index contributed by atoms with van der Waals surface area (Å²) in [4.78, 5) is 26.1. The van der Waals surface area contributed by atoms with Crippen molar-refractivity contribution in [3.05, 3.63) is 47.3 Å². The summed E-state index contributed by atoms with van der Waals surface area (Å²) < 4.78 is 13.9. The van der Waals surface area contributed by atoms with Crippen molar-refractivity contribution in [1.29, 1.82) is 0 Å². The second kappa shape index (κ2) is 9.65. The zero-order valence-corrected chi connectivity index (χ0v) is 15.7. The van der Waals surface area contributed by atoms with Gasteiger partial charge in [-0.3, -0.25) is 15.0 Å². The summed E-state index contributed by atoms with van der Waals surface area (Å²) >= 11 is 0. The molecule has 27 heavy (non-hydrogen) atoms. The summed E-state index contributed by atoms with van der Waals surface area (Å²) in [6.07, 6.45) is 9.79. The van der Waals surface area contributed by atoms with Crippen molar-refractivity contribution in [3.63, 3.8) is 0 Å². The Morgan fingerprint density at radius 1 is 1.19 bits per heavy atom. The molecule has 0 aromatic heterocycles. The van der Waals surface area contributed by atoms with Crippen molar-refractivity contribution in [3.8, 4) is 0 Å². The highest BCUT2D eigenvalue weighted by atomic mass is 19.1. The van der Waals surface area contributed by atoms with Crippen molar-refractivity contribution in [1.82, 2.24) is 15.5 Å². The minimum atomic E-state index is -0.460. The normalized spacial score (nSPS) is 16.7. The summed E-state index contributed by atoms with van der Waals surface area (Å²) in [5, 5.41) is 5.13. The van der Waals surface area contributed by atoms with Gasteiger partial charge in [-0.25, -0.2) is 9.18 Å². The van der Waals surface area contributed by atoms with Crippen molar-refractivity contribution in [2.75, 3.05) is 13.1 Å². The smallest absolute Gasteiger partial charge is 0.321 e. The van der Waals surface area contributed by atoms with Crippen LogP contribution < -0.4 is 10.6 Å². The quantitative estimate of drug-likeness (QED) is 0.686. The van der Waals surface area contributed by atoms with Gasteiger partial charge in [-0.15, -0.1) is 0 Å². The van der Waals surface area contributed by atoms with Crippen LogP contribution in [0.3, 0.4) is 0 Å². The van der Waals surface area contributed by atoms with E-state index in [-0.39, 0.29) is 24.3 Å². The summed E-state index contributed by atoms with van der Waals surface area (Å²) in [6.45, 7) is 1.00. The zero-order valence-electron chi connectivity index (χ0n) is 15.7. The fourth-order valence-electron chi connectivity index (χ4n) is 3.46. The van der Waals surface area contributed by atoms with Crippen LogP contribution in [0.2, 0.25) is 0 Å². The Hall–Kier alpha value is -2.21. The summed E-state index contributed by atoms with van der Waals surface area (Å²) in [6, 6.07) is 6.43. The van der Waals surface area contributed by atoms with Gasteiger partial charge in [0.15, 0.2) is 0 Å². The number of hydrogen-bond donors (Lipinski definition) is 2. The molecular formula is C21H28FN3O2. The third-order valence-corrected chi connectivity index (χ3v) is 5.11. The summed E-state index contributed by atoms with van der Waals surface area (Å²) in [5.41, 5.74) is 1.96. The van der Waals surface area contributed by atoms with Crippen LogP contribution in [0.5, 0.6) is 0 Å². The number of urea groups is 1. The molecule has 1 aromatic carbocycles. The second-order valence-electron chi connectivity index (χ2n) is 7.39. The Bertz CT molecular complexity index is 700. The molecule has 1 fully saturated rings. The maximum absolute atomic E-state index is 13.9. The van der Waals surface area contributed by atoms with E-state index in [1.807, 2.05) is 4.90 Å². The molecule has 3 rings (SSSR count). The maximum Gasteiger partial charge on any atom is 0.321 e. The maximum atomic E-state index is 13.9.